The first-order valence-electron chi connectivity index (χ1n) is 9.06. The topological polar surface area (TPSA) is 81.7 Å². The normalized spacial score (nSPS) is 20.7. The number of fused-ring (bicyclic) bond motifs is 2. The Bertz CT molecular complexity index is 729. The summed E-state index contributed by atoms with van der Waals surface area (Å²) >= 11 is 0. The summed E-state index contributed by atoms with van der Waals surface area (Å²) in [6.45, 7) is 4.40. The van der Waals surface area contributed by atoms with E-state index < -0.39 is 12.1 Å². The molecule has 1 fully saturated rings. The van der Waals surface area contributed by atoms with Crippen molar-refractivity contribution in [3.05, 3.63) is 34.9 Å². The Morgan fingerprint density at radius 2 is 1.82 bits per heavy atom. The first-order chi connectivity index (χ1) is 13.0. The Morgan fingerprint density at radius 3 is 2.32 bits per heavy atom. The second kappa shape index (κ2) is 8.38. The standard InChI is InChI=1S/C17H25N3O.C2HF3O2/c1-12-4-5-14-13(10-12)15(19-16(21)18-2)11-17(14)6-8-20(3)9-7-17;3-2(4,5)1(6)7/h4-5,10,15H,6-9,11H2,1-3H3,(H2,18,19,21);(H,6,7). The molecule has 1 unspecified atom stereocenters. The zero-order chi connectivity index (χ0) is 21.1. The molecule has 0 radical (unpaired) electrons. The lowest BCUT2D eigenvalue weighted by Gasteiger charge is -2.39. The molecule has 3 rings (SSSR count). The van der Waals surface area contributed by atoms with E-state index in [1.807, 2.05) is 0 Å². The molecular formula is C19H26F3N3O3. The number of aryl methyl sites for hydroxylation is 1. The molecule has 1 aliphatic carbocycles. The molecule has 0 aromatic heterocycles. The Kier molecular flexibility index (Phi) is 6.59. The number of urea groups is 1. The number of benzene rings is 1. The number of carbonyl (C=O) groups is 2. The number of rotatable bonds is 1. The number of aliphatic carboxylic acids is 1. The van der Waals surface area contributed by atoms with Crippen LogP contribution < -0.4 is 10.6 Å². The molecule has 28 heavy (non-hydrogen) atoms. The number of carboxylic acid groups (broad SMARTS) is 1. The van der Waals surface area contributed by atoms with Gasteiger partial charge in [-0.05, 0) is 57.5 Å². The van der Waals surface area contributed by atoms with Crippen molar-refractivity contribution in [2.75, 3.05) is 27.2 Å². The molecule has 0 saturated carbocycles. The summed E-state index contributed by atoms with van der Waals surface area (Å²) in [5.74, 6) is -2.76. The smallest absolute Gasteiger partial charge is 0.475 e. The molecule has 0 bridgehead atoms. The number of alkyl halides is 3. The Balaban J connectivity index is 0.000000345. The van der Waals surface area contributed by atoms with E-state index in [1.165, 1.54) is 29.5 Å². The van der Waals surface area contributed by atoms with Crippen LogP contribution in [0.25, 0.3) is 0 Å². The first-order valence-corrected chi connectivity index (χ1v) is 9.06. The van der Waals surface area contributed by atoms with Crippen LogP contribution >= 0.6 is 0 Å². The minimum absolute atomic E-state index is 0.0857. The molecule has 3 N–H and O–H groups in total. The summed E-state index contributed by atoms with van der Waals surface area (Å²) in [6, 6.07) is 6.81. The molecule has 1 spiro atoms. The Hall–Kier alpha value is -2.29. The molecule has 1 saturated heterocycles. The van der Waals surface area contributed by atoms with Gasteiger partial charge in [-0.2, -0.15) is 13.2 Å². The van der Waals surface area contributed by atoms with Gasteiger partial charge in [0.15, 0.2) is 0 Å². The van der Waals surface area contributed by atoms with Crippen LogP contribution in [-0.4, -0.2) is 55.4 Å². The van der Waals surface area contributed by atoms with Crippen LogP contribution in [0.1, 0.15) is 42.0 Å². The minimum Gasteiger partial charge on any atom is -0.475 e. The maximum atomic E-state index is 11.8. The summed E-state index contributed by atoms with van der Waals surface area (Å²) in [7, 11) is 3.87. The molecule has 156 valence electrons. The van der Waals surface area contributed by atoms with Gasteiger partial charge in [-0.3, -0.25) is 0 Å². The molecule has 1 aliphatic heterocycles. The predicted octanol–water partition coefficient (Wildman–Crippen LogP) is 2.97. The van der Waals surface area contributed by atoms with Crippen molar-refractivity contribution >= 4 is 12.0 Å². The van der Waals surface area contributed by atoms with Crippen molar-refractivity contribution in [3.63, 3.8) is 0 Å². The van der Waals surface area contributed by atoms with Crippen molar-refractivity contribution in [3.8, 4) is 0 Å². The lowest BCUT2D eigenvalue weighted by atomic mass is 9.73. The number of hydrogen-bond acceptors (Lipinski definition) is 3. The van der Waals surface area contributed by atoms with Crippen LogP contribution in [0.4, 0.5) is 18.0 Å². The summed E-state index contributed by atoms with van der Waals surface area (Å²) in [6.07, 6.45) is -1.68. The Morgan fingerprint density at radius 1 is 1.25 bits per heavy atom. The summed E-state index contributed by atoms with van der Waals surface area (Å²) in [5, 5.41) is 12.9. The lowest BCUT2D eigenvalue weighted by molar-refractivity contribution is -0.192. The van der Waals surface area contributed by atoms with E-state index in [-0.39, 0.29) is 17.5 Å². The molecule has 1 aromatic carbocycles. The molecule has 1 heterocycles. The van der Waals surface area contributed by atoms with E-state index >= 15 is 0 Å². The lowest BCUT2D eigenvalue weighted by Crippen LogP contribution is -2.41. The van der Waals surface area contributed by atoms with Crippen molar-refractivity contribution in [1.29, 1.82) is 0 Å². The molecule has 2 amide bonds. The zero-order valence-electron chi connectivity index (χ0n) is 16.2. The number of piperidine rings is 1. The number of nitrogens with one attached hydrogen (secondary N) is 2. The number of hydrogen-bond donors (Lipinski definition) is 3. The van der Waals surface area contributed by atoms with E-state index in [0.29, 0.717) is 0 Å². The van der Waals surface area contributed by atoms with Crippen LogP contribution in [0.3, 0.4) is 0 Å². The Labute approximate surface area is 162 Å². The van der Waals surface area contributed by atoms with Crippen molar-refractivity contribution in [2.45, 2.75) is 43.8 Å². The summed E-state index contributed by atoms with van der Waals surface area (Å²) in [4.78, 5) is 23.1. The second-order valence-corrected chi connectivity index (χ2v) is 7.46. The van der Waals surface area contributed by atoms with E-state index in [4.69, 9.17) is 9.90 Å². The fourth-order valence-corrected chi connectivity index (χ4v) is 3.94. The fraction of sp³-hybridized carbons (Fsp3) is 0.579. The van der Waals surface area contributed by atoms with Crippen LogP contribution in [0.15, 0.2) is 18.2 Å². The van der Waals surface area contributed by atoms with Gasteiger partial charge in [0, 0.05) is 12.5 Å². The predicted molar refractivity (Wildman–Crippen MR) is 98.2 cm³/mol. The monoisotopic (exact) mass is 401 g/mol. The van der Waals surface area contributed by atoms with Crippen molar-refractivity contribution in [2.24, 2.45) is 0 Å². The fourth-order valence-electron chi connectivity index (χ4n) is 3.94. The highest BCUT2D eigenvalue weighted by molar-refractivity contribution is 5.74. The van der Waals surface area contributed by atoms with Gasteiger partial charge in [-0.25, -0.2) is 9.59 Å². The van der Waals surface area contributed by atoms with Gasteiger partial charge < -0.3 is 20.6 Å². The maximum absolute atomic E-state index is 11.8. The number of carbonyl (C=O) groups excluding carboxylic acids is 1. The number of amides is 2. The van der Waals surface area contributed by atoms with E-state index in [2.05, 4.69) is 47.7 Å². The summed E-state index contributed by atoms with van der Waals surface area (Å²) in [5.41, 5.74) is 4.30. The van der Waals surface area contributed by atoms with Gasteiger partial charge >= 0.3 is 18.2 Å². The largest absolute Gasteiger partial charge is 0.490 e. The SMILES string of the molecule is CNC(=O)NC1CC2(CCN(C)CC2)c2ccc(C)cc21.O=C(O)C(F)(F)F. The van der Waals surface area contributed by atoms with Crippen LogP contribution in [-0.2, 0) is 10.2 Å². The number of nitrogens with zero attached hydrogens (tertiary/aromatic N) is 1. The third-order valence-corrected chi connectivity index (χ3v) is 5.47. The number of carboxylic acids is 1. The molecule has 6 nitrogen and oxygen atoms in total. The van der Waals surface area contributed by atoms with Crippen molar-refractivity contribution < 1.29 is 27.9 Å². The second-order valence-electron chi connectivity index (χ2n) is 7.46. The van der Waals surface area contributed by atoms with Gasteiger partial charge in [0.2, 0.25) is 0 Å². The molecule has 1 aromatic rings. The van der Waals surface area contributed by atoms with E-state index in [9.17, 15) is 18.0 Å². The molecular weight excluding hydrogens is 375 g/mol. The highest BCUT2D eigenvalue weighted by atomic mass is 19.4. The van der Waals surface area contributed by atoms with Gasteiger partial charge in [-0.1, -0.05) is 23.8 Å². The quantitative estimate of drug-likeness (QED) is 0.676. The average molecular weight is 401 g/mol. The van der Waals surface area contributed by atoms with Gasteiger partial charge in [0.25, 0.3) is 0 Å². The van der Waals surface area contributed by atoms with Crippen LogP contribution in [0, 0.1) is 6.92 Å². The molecule has 2 aliphatic rings. The highest BCUT2D eigenvalue weighted by Gasteiger charge is 2.45. The summed E-state index contributed by atoms with van der Waals surface area (Å²) < 4.78 is 31.7. The number of likely N-dealkylation sites (tertiary alicyclic amines) is 1. The maximum Gasteiger partial charge on any atom is 0.490 e. The minimum atomic E-state index is -5.08. The third-order valence-electron chi connectivity index (χ3n) is 5.47. The molecule has 9 heteroatoms. The first kappa shape index (κ1) is 22.0. The van der Waals surface area contributed by atoms with Gasteiger partial charge in [-0.15, -0.1) is 0 Å². The van der Waals surface area contributed by atoms with Crippen LogP contribution in [0.2, 0.25) is 0 Å². The molecule has 1 atom stereocenters. The third kappa shape index (κ3) is 4.95. The highest BCUT2D eigenvalue weighted by Crippen LogP contribution is 2.50. The van der Waals surface area contributed by atoms with E-state index in [0.717, 1.165) is 19.5 Å². The van der Waals surface area contributed by atoms with Gasteiger partial charge in [0.05, 0.1) is 6.04 Å². The van der Waals surface area contributed by atoms with Gasteiger partial charge in [0.1, 0.15) is 0 Å². The van der Waals surface area contributed by atoms with E-state index in [1.54, 1.807) is 7.05 Å². The van der Waals surface area contributed by atoms with Crippen LogP contribution in [0.5, 0.6) is 0 Å². The number of halogens is 3. The average Bonchev–Trinajstić information content (AvgIpc) is 2.90. The zero-order valence-corrected chi connectivity index (χ0v) is 16.2. The van der Waals surface area contributed by atoms with Crippen molar-refractivity contribution in [1.82, 2.24) is 15.5 Å².